The van der Waals surface area contributed by atoms with Crippen LogP contribution in [0.4, 0.5) is 5.69 Å². The van der Waals surface area contributed by atoms with Crippen LogP contribution in [0.2, 0.25) is 10.0 Å². The zero-order valence-corrected chi connectivity index (χ0v) is 16.2. The lowest BCUT2D eigenvalue weighted by Crippen LogP contribution is -2.11. The lowest BCUT2D eigenvalue weighted by molar-refractivity contribution is 0.0992. The van der Waals surface area contributed by atoms with Crippen LogP contribution in [0.15, 0.2) is 60.7 Å². The minimum atomic E-state index is -0.286. The van der Waals surface area contributed by atoms with E-state index >= 15 is 0 Å². The Morgan fingerprint density at radius 3 is 2.46 bits per heavy atom. The lowest BCUT2D eigenvalue weighted by Gasteiger charge is -2.11. The van der Waals surface area contributed by atoms with Crippen LogP contribution in [-0.4, -0.2) is 11.7 Å². The Morgan fingerprint density at radius 2 is 1.71 bits per heavy atom. The highest BCUT2D eigenvalue weighted by Crippen LogP contribution is 2.33. The number of rotatable bonds is 4. The molecular weight excluding hydrogens is 397 g/mol. The molecule has 0 bridgehead atoms. The highest BCUT2D eigenvalue weighted by atomic mass is 35.5. The Labute approximate surface area is 172 Å². The molecule has 28 heavy (non-hydrogen) atoms. The highest BCUT2D eigenvalue weighted by molar-refractivity contribution is 6.42. The summed E-state index contributed by atoms with van der Waals surface area (Å²) in [5.74, 6) is 1.18. The third-order valence-electron chi connectivity index (χ3n) is 4.56. The van der Waals surface area contributed by atoms with Gasteiger partial charge in [-0.3, -0.25) is 9.59 Å². The van der Waals surface area contributed by atoms with Gasteiger partial charge < -0.3 is 10.1 Å². The summed E-state index contributed by atoms with van der Waals surface area (Å²) in [5, 5.41) is 3.53. The number of anilines is 1. The second kappa shape index (κ2) is 7.66. The molecule has 1 amide bonds. The van der Waals surface area contributed by atoms with Crippen LogP contribution in [0.1, 0.15) is 32.7 Å². The average Bonchev–Trinajstić information content (AvgIpc) is 3.07. The molecule has 1 aliphatic rings. The number of carbonyl (C=O) groups is 2. The van der Waals surface area contributed by atoms with Crippen molar-refractivity contribution >= 4 is 40.6 Å². The summed E-state index contributed by atoms with van der Waals surface area (Å²) in [6, 6.07) is 17.3. The van der Waals surface area contributed by atoms with Crippen molar-refractivity contribution in [2.24, 2.45) is 0 Å². The van der Waals surface area contributed by atoms with Crippen molar-refractivity contribution in [3.05, 3.63) is 87.4 Å². The van der Waals surface area contributed by atoms with Crippen LogP contribution < -0.4 is 10.1 Å². The van der Waals surface area contributed by atoms with Gasteiger partial charge in [0.2, 0.25) is 0 Å². The van der Waals surface area contributed by atoms with Crippen molar-refractivity contribution < 1.29 is 14.3 Å². The second-order valence-corrected chi connectivity index (χ2v) is 7.23. The predicted octanol–water partition coefficient (Wildman–Crippen LogP) is 6.17. The number of benzene rings is 3. The second-order valence-electron chi connectivity index (χ2n) is 6.41. The fraction of sp³-hybridized carbons (Fsp3) is 0.0909. The van der Waals surface area contributed by atoms with Gasteiger partial charge in [0.05, 0.1) is 10.0 Å². The molecular formula is C22H15Cl2NO3. The quantitative estimate of drug-likeness (QED) is 0.558. The third kappa shape index (κ3) is 3.75. The summed E-state index contributed by atoms with van der Waals surface area (Å²) in [6.07, 6.45) is 1.22. The van der Waals surface area contributed by atoms with Crippen LogP contribution >= 0.6 is 23.2 Å². The summed E-state index contributed by atoms with van der Waals surface area (Å²) in [4.78, 5) is 24.2. The Morgan fingerprint density at radius 1 is 0.929 bits per heavy atom. The van der Waals surface area contributed by atoms with Crippen LogP contribution in [0, 0.1) is 0 Å². The van der Waals surface area contributed by atoms with Gasteiger partial charge in [-0.1, -0.05) is 35.3 Å². The number of ether oxygens (including phenoxy) is 1. The topological polar surface area (TPSA) is 55.4 Å². The summed E-state index contributed by atoms with van der Waals surface area (Å²) >= 11 is 11.8. The number of hydrogen-bond donors (Lipinski definition) is 1. The van der Waals surface area contributed by atoms with E-state index in [0.29, 0.717) is 45.6 Å². The molecule has 140 valence electrons. The third-order valence-corrected chi connectivity index (χ3v) is 5.30. The van der Waals surface area contributed by atoms with E-state index < -0.39 is 0 Å². The van der Waals surface area contributed by atoms with E-state index in [0.717, 1.165) is 11.1 Å². The number of amides is 1. The number of halogens is 2. The minimum Gasteiger partial charge on any atom is -0.457 e. The number of fused-ring (bicyclic) bond motifs is 1. The van der Waals surface area contributed by atoms with Crippen LogP contribution in [0.25, 0.3) is 0 Å². The largest absolute Gasteiger partial charge is 0.457 e. The highest BCUT2D eigenvalue weighted by Gasteiger charge is 2.22. The Kier molecular flexibility index (Phi) is 5.07. The molecule has 0 unspecified atom stereocenters. The molecule has 4 nitrogen and oxygen atoms in total. The number of hydrogen-bond acceptors (Lipinski definition) is 3. The number of nitrogens with one attached hydrogen (secondary N) is 1. The molecule has 0 radical (unpaired) electrons. The van der Waals surface area contributed by atoms with E-state index in [1.54, 1.807) is 36.4 Å². The van der Waals surface area contributed by atoms with E-state index in [4.69, 9.17) is 27.9 Å². The molecule has 1 N–H and O–H groups in total. The van der Waals surface area contributed by atoms with Crippen molar-refractivity contribution in [1.82, 2.24) is 0 Å². The van der Waals surface area contributed by atoms with Gasteiger partial charge in [0, 0.05) is 28.8 Å². The van der Waals surface area contributed by atoms with E-state index in [-0.39, 0.29) is 11.7 Å². The molecule has 6 heteroatoms. The summed E-state index contributed by atoms with van der Waals surface area (Å²) in [5.41, 5.74) is 2.73. The molecule has 0 saturated carbocycles. The zero-order valence-electron chi connectivity index (χ0n) is 14.7. The molecule has 4 rings (SSSR count). The SMILES string of the molecule is O=C(Nc1ccc(Oc2cccc3c2CCC3=O)cc1)c1ccc(Cl)c(Cl)c1. The summed E-state index contributed by atoms with van der Waals surface area (Å²) < 4.78 is 5.95. The number of Topliss-reactive ketones (excluding diaryl/α,β-unsaturated/α-hetero) is 1. The molecule has 1 aliphatic carbocycles. The Hall–Kier alpha value is -2.82. The van der Waals surface area contributed by atoms with Gasteiger partial charge in [0.1, 0.15) is 11.5 Å². The first-order valence-corrected chi connectivity index (χ1v) is 9.46. The standard InChI is InChI=1S/C22H15Cl2NO3/c23-18-10-4-13(12-19(18)24)22(27)25-14-5-7-15(8-6-14)28-21-3-1-2-16-17(21)9-11-20(16)26/h1-8,10,12H,9,11H2,(H,25,27). The first kappa shape index (κ1) is 18.5. The van der Waals surface area contributed by atoms with Gasteiger partial charge in [-0.2, -0.15) is 0 Å². The first-order valence-electron chi connectivity index (χ1n) is 8.70. The molecule has 0 atom stereocenters. The molecule has 0 spiro atoms. The van der Waals surface area contributed by atoms with E-state index in [2.05, 4.69) is 5.32 Å². The molecule has 0 heterocycles. The summed E-state index contributed by atoms with van der Waals surface area (Å²) in [7, 11) is 0. The maximum absolute atomic E-state index is 12.3. The molecule has 0 fully saturated rings. The van der Waals surface area contributed by atoms with Gasteiger partial charge in [-0.25, -0.2) is 0 Å². The summed E-state index contributed by atoms with van der Waals surface area (Å²) in [6.45, 7) is 0. The van der Waals surface area contributed by atoms with Crippen LogP contribution in [0.5, 0.6) is 11.5 Å². The van der Waals surface area contributed by atoms with Gasteiger partial charge in [-0.05, 0) is 55.0 Å². The van der Waals surface area contributed by atoms with Crippen molar-refractivity contribution in [1.29, 1.82) is 0 Å². The molecule has 0 aliphatic heterocycles. The minimum absolute atomic E-state index is 0.154. The maximum Gasteiger partial charge on any atom is 0.255 e. The lowest BCUT2D eigenvalue weighted by atomic mass is 10.1. The van der Waals surface area contributed by atoms with Crippen molar-refractivity contribution in [3.8, 4) is 11.5 Å². The monoisotopic (exact) mass is 411 g/mol. The molecule has 0 saturated heterocycles. The van der Waals surface area contributed by atoms with Crippen molar-refractivity contribution in [2.45, 2.75) is 12.8 Å². The molecule has 0 aromatic heterocycles. The van der Waals surface area contributed by atoms with Gasteiger partial charge in [0.25, 0.3) is 5.91 Å². The Bertz CT molecular complexity index is 1080. The fourth-order valence-corrected chi connectivity index (χ4v) is 3.43. The number of ketones is 1. The van der Waals surface area contributed by atoms with Crippen molar-refractivity contribution in [3.63, 3.8) is 0 Å². The molecule has 3 aromatic carbocycles. The van der Waals surface area contributed by atoms with Crippen LogP contribution in [0.3, 0.4) is 0 Å². The van der Waals surface area contributed by atoms with E-state index in [1.165, 1.54) is 6.07 Å². The van der Waals surface area contributed by atoms with E-state index in [1.807, 2.05) is 18.2 Å². The number of carbonyl (C=O) groups excluding carboxylic acids is 2. The predicted molar refractivity (Wildman–Crippen MR) is 110 cm³/mol. The van der Waals surface area contributed by atoms with Gasteiger partial charge >= 0.3 is 0 Å². The smallest absolute Gasteiger partial charge is 0.255 e. The van der Waals surface area contributed by atoms with Crippen molar-refractivity contribution in [2.75, 3.05) is 5.32 Å². The van der Waals surface area contributed by atoms with E-state index in [9.17, 15) is 9.59 Å². The van der Waals surface area contributed by atoms with Gasteiger partial charge in [-0.15, -0.1) is 0 Å². The van der Waals surface area contributed by atoms with Gasteiger partial charge in [0.15, 0.2) is 5.78 Å². The normalized spacial score (nSPS) is 12.6. The maximum atomic E-state index is 12.3. The van der Waals surface area contributed by atoms with Crippen LogP contribution in [-0.2, 0) is 6.42 Å². The fourth-order valence-electron chi connectivity index (χ4n) is 3.13. The first-order chi connectivity index (χ1) is 13.5. The molecule has 3 aromatic rings. The zero-order chi connectivity index (χ0) is 19.7. The Balaban J connectivity index is 1.47. The average molecular weight is 412 g/mol.